The molecule has 0 fully saturated rings. The molecule has 0 atom stereocenters. The van der Waals surface area contributed by atoms with Crippen molar-refractivity contribution >= 4 is 32.6 Å². The summed E-state index contributed by atoms with van der Waals surface area (Å²) in [5.74, 6) is -3.40. The lowest BCUT2D eigenvalue weighted by Crippen LogP contribution is -2.35. The number of rotatable bonds is 8. The maximum Gasteiger partial charge on any atom is 0.336 e. The molecule has 0 aliphatic heterocycles. The maximum absolute atomic E-state index is 12.1. The summed E-state index contributed by atoms with van der Waals surface area (Å²) in [6.07, 6.45) is 1.77. The van der Waals surface area contributed by atoms with Crippen molar-refractivity contribution in [1.82, 2.24) is 0 Å². The molecule has 0 aliphatic rings. The molecule has 8 nitrogen and oxygen atoms in total. The standard InChI is InChI=1S/C15H19NO7Si/c1-22-24(3,23-2)8-4-7-16-13(17)12-9-10(14(18)19)5-6-11(12)15(20)21/h5-7,9H,4,8H2,1-3H3,(H,18,19)(H,20,21). The van der Waals surface area contributed by atoms with Gasteiger partial charge < -0.3 is 19.1 Å². The van der Waals surface area contributed by atoms with Crippen molar-refractivity contribution in [3.63, 3.8) is 0 Å². The molecule has 0 aliphatic carbocycles. The largest absolute Gasteiger partial charge is 0.478 e. The number of nitrogens with zero attached hydrogens (tertiary/aromatic N) is 1. The molecule has 2 N–H and O–H groups in total. The Bertz CT molecular complexity index is 668. The lowest BCUT2D eigenvalue weighted by atomic mass is 10.0. The van der Waals surface area contributed by atoms with Gasteiger partial charge in [0.25, 0.3) is 5.91 Å². The number of aromatic carboxylic acids is 2. The van der Waals surface area contributed by atoms with Gasteiger partial charge in [-0.3, -0.25) is 4.79 Å². The molecular weight excluding hydrogens is 334 g/mol. The molecule has 0 aromatic heterocycles. The Balaban J connectivity index is 2.94. The summed E-state index contributed by atoms with van der Waals surface area (Å²) in [5.41, 5.74) is -0.746. The summed E-state index contributed by atoms with van der Waals surface area (Å²) in [6.45, 7) is 1.86. The van der Waals surface area contributed by atoms with Gasteiger partial charge in [0.05, 0.1) is 16.7 Å². The second-order valence-corrected chi connectivity index (χ2v) is 8.65. The predicted molar refractivity (Wildman–Crippen MR) is 88.2 cm³/mol. The van der Waals surface area contributed by atoms with Crippen LogP contribution in [-0.2, 0) is 8.85 Å². The van der Waals surface area contributed by atoms with Gasteiger partial charge in [0.1, 0.15) is 0 Å². The van der Waals surface area contributed by atoms with E-state index in [0.717, 1.165) is 18.2 Å². The van der Waals surface area contributed by atoms with Gasteiger partial charge in [-0.2, -0.15) is 0 Å². The third-order valence-corrected chi connectivity index (χ3v) is 6.45. The lowest BCUT2D eigenvalue weighted by Gasteiger charge is -2.21. The monoisotopic (exact) mass is 353 g/mol. The van der Waals surface area contributed by atoms with Crippen LogP contribution in [0.4, 0.5) is 0 Å². The van der Waals surface area contributed by atoms with E-state index in [9.17, 15) is 14.4 Å². The van der Waals surface area contributed by atoms with E-state index in [1.807, 2.05) is 6.55 Å². The normalized spacial score (nSPS) is 11.6. The van der Waals surface area contributed by atoms with E-state index >= 15 is 0 Å². The summed E-state index contributed by atoms with van der Waals surface area (Å²) < 4.78 is 10.6. The Morgan fingerprint density at radius 1 is 1.12 bits per heavy atom. The minimum absolute atomic E-state index is 0.183. The highest BCUT2D eigenvalue weighted by Crippen LogP contribution is 2.15. The van der Waals surface area contributed by atoms with Gasteiger partial charge in [0.2, 0.25) is 0 Å². The van der Waals surface area contributed by atoms with Crippen LogP contribution in [0.25, 0.3) is 0 Å². The molecule has 0 spiro atoms. The third kappa shape index (κ3) is 5.08. The minimum Gasteiger partial charge on any atom is -0.478 e. The van der Waals surface area contributed by atoms with Gasteiger partial charge in [0.15, 0.2) is 0 Å². The second-order valence-electron chi connectivity index (χ2n) is 5.07. The number of hydrogen-bond acceptors (Lipinski definition) is 5. The minimum atomic E-state index is -2.28. The number of carboxylic acids is 2. The zero-order chi connectivity index (χ0) is 18.3. The van der Waals surface area contributed by atoms with Crippen molar-refractivity contribution in [2.45, 2.75) is 19.0 Å². The van der Waals surface area contributed by atoms with E-state index in [-0.39, 0.29) is 16.7 Å². The van der Waals surface area contributed by atoms with E-state index in [2.05, 4.69) is 4.99 Å². The molecule has 1 aromatic rings. The quantitative estimate of drug-likeness (QED) is 0.541. The van der Waals surface area contributed by atoms with Crippen LogP contribution in [0, 0.1) is 0 Å². The van der Waals surface area contributed by atoms with Crippen LogP contribution < -0.4 is 0 Å². The van der Waals surface area contributed by atoms with E-state index in [0.29, 0.717) is 12.5 Å². The molecule has 0 saturated heterocycles. The summed E-state index contributed by atoms with van der Waals surface area (Å²) >= 11 is 0. The molecule has 0 radical (unpaired) electrons. The number of carboxylic acid groups (broad SMARTS) is 2. The second kappa shape index (κ2) is 8.48. The Labute approximate surface area is 140 Å². The number of hydrogen-bond donors (Lipinski definition) is 2. The van der Waals surface area contributed by atoms with Gasteiger partial charge in [-0.15, -0.1) is 0 Å². The van der Waals surface area contributed by atoms with Crippen molar-refractivity contribution in [1.29, 1.82) is 0 Å². The van der Waals surface area contributed by atoms with E-state index in [4.69, 9.17) is 19.1 Å². The van der Waals surface area contributed by atoms with Crippen LogP contribution in [0.2, 0.25) is 12.6 Å². The molecule has 0 heterocycles. The van der Waals surface area contributed by atoms with Crippen molar-refractivity contribution in [2.24, 2.45) is 4.99 Å². The first-order valence-electron chi connectivity index (χ1n) is 7.02. The molecule has 0 unspecified atom stereocenters. The topological polar surface area (TPSA) is 122 Å². The zero-order valence-electron chi connectivity index (χ0n) is 13.6. The fraction of sp³-hybridized carbons (Fsp3) is 0.333. The Morgan fingerprint density at radius 3 is 2.25 bits per heavy atom. The van der Waals surface area contributed by atoms with Gasteiger partial charge in [-0.25, -0.2) is 14.6 Å². The lowest BCUT2D eigenvalue weighted by molar-refractivity contribution is 0.0679. The Morgan fingerprint density at radius 2 is 1.75 bits per heavy atom. The molecule has 0 bridgehead atoms. The smallest absolute Gasteiger partial charge is 0.336 e. The SMILES string of the molecule is CO[Si](C)(CCC=NC(=O)c1cc(C(=O)O)ccc1C(=O)O)OC. The first-order valence-corrected chi connectivity index (χ1v) is 9.54. The average Bonchev–Trinajstić information content (AvgIpc) is 2.57. The highest BCUT2D eigenvalue weighted by Gasteiger charge is 2.27. The molecular formula is C15H19NO7Si. The summed E-state index contributed by atoms with van der Waals surface area (Å²) in [7, 11) is 0.825. The average molecular weight is 353 g/mol. The Kier molecular flexibility index (Phi) is 6.95. The summed E-state index contributed by atoms with van der Waals surface area (Å²) in [5, 5.41) is 18.1. The van der Waals surface area contributed by atoms with E-state index in [1.165, 1.54) is 6.21 Å². The van der Waals surface area contributed by atoms with Crippen molar-refractivity contribution in [3.8, 4) is 0 Å². The summed E-state index contributed by atoms with van der Waals surface area (Å²) in [6, 6.07) is 3.78. The maximum atomic E-state index is 12.1. The fourth-order valence-corrected chi connectivity index (χ4v) is 3.10. The van der Waals surface area contributed by atoms with Crippen molar-refractivity contribution < 1.29 is 33.4 Å². The van der Waals surface area contributed by atoms with Crippen LogP contribution in [0.5, 0.6) is 0 Å². The Hall–Kier alpha value is -2.36. The van der Waals surface area contributed by atoms with Crippen molar-refractivity contribution in [3.05, 3.63) is 34.9 Å². The zero-order valence-corrected chi connectivity index (χ0v) is 14.6. The van der Waals surface area contributed by atoms with E-state index < -0.39 is 26.4 Å². The van der Waals surface area contributed by atoms with Crippen LogP contribution in [-0.4, -0.2) is 57.1 Å². The first kappa shape index (κ1) is 19.7. The van der Waals surface area contributed by atoms with Crippen molar-refractivity contribution in [2.75, 3.05) is 14.2 Å². The van der Waals surface area contributed by atoms with Crippen LogP contribution in [0.1, 0.15) is 37.5 Å². The van der Waals surface area contributed by atoms with Gasteiger partial charge in [-0.05, 0) is 37.2 Å². The number of benzene rings is 1. The molecule has 1 rings (SSSR count). The molecule has 1 aromatic carbocycles. The number of carbonyl (C=O) groups is 3. The van der Waals surface area contributed by atoms with Crippen LogP contribution in [0.3, 0.4) is 0 Å². The number of carbonyl (C=O) groups excluding carboxylic acids is 1. The molecule has 0 saturated carbocycles. The molecule has 1 amide bonds. The van der Waals surface area contributed by atoms with Gasteiger partial charge >= 0.3 is 20.5 Å². The fourth-order valence-electron chi connectivity index (χ4n) is 1.87. The molecule has 130 valence electrons. The summed E-state index contributed by atoms with van der Waals surface area (Å²) in [4.78, 5) is 37.9. The van der Waals surface area contributed by atoms with E-state index in [1.54, 1.807) is 14.2 Å². The predicted octanol–water partition coefficient (Wildman–Crippen LogP) is 2.05. The number of aliphatic imine (C=N–C) groups is 1. The van der Waals surface area contributed by atoms with Crippen LogP contribution in [0.15, 0.2) is 23.2 Å². The highest BCUT2D eigenvalue weighted by molar-refractivity contribution is 6.66. The van der Waals surface area contributed by atoms with Gasteiger partial charge in [-0.1, -0.05) is 0 Å². The van der Waals surface area contributed by atoms with Gasteiger partial charge in [0, 0.05) is 20.4 Å². The third-order valence-electron chi connectivity index (χ3n) is 3.53. The molecule has 9 heteroatoms. The molecule has 24 heavy (non-hydrogen) atoms. The number of amides is 1. The first-order chi connectivity index (χ1) is 11.2. The van der Waals surface area contributed by atoms with Crippen LogP contribution >= 0.6 is 0 Å². The highest BCUT2D eigenvalue weighted by atomic mass is 28.4.